The van der Waals surface area contributed by atoms with E-state index in [0.717, 1.165) is 23.1 Å². The molecule has 168 valence electrons. The molecule has 2 aromatic carbocycles. The highest BCUT2D eigenvalue weighted by Gasteiger charge is 2.51. The monoisotopic (exact) mass is 455 g/mol. The van der Waals surface area contributed by atoms with Crippen molar-refractivity contribution < 1.29 is 26.4 Å². The minimum atomic E-state index is -5.11. The number of rotatable bonds is 6. The van der Waals surface area contributed by atoms with Gasteiger partial charge in [0.1, 0.15) is 6.17 Å². The van der Waals surface area contributed by atoms with Gasteiger partial charge in [0.15, 0.2) is 0 Å². The highest BCUT2D eigenvalue weighted by Crippen LogP contribution is 2.38. The Kier molecular flexibility index (Phi) is 6.61. The zero-order chi connectivity index (χ0) is 22.8. The molecular formula is C21H24F3N3O3S. The highest BCUT2D eigenvalue weighted by atomic mass is 32.2. The van der Waals surface area contributed by atoms with Gasteiger partial charge >= 0.3 is 12.1 Å². The van der Waals surface area contributed by atoms with E-state index in [4.69, 9.17) is 0 Å². The Morgan fingerprint density at radius 2 is 1.58 bits per heavy atom. The number of sulfonamides is 1. The number of hydrogen-bond donors (Lipinski definition) is 0. The summed E-state index contributed by atoms with van der Waals surface area (Å²) in [6.07, 6.45) is -6.49. The van der Waals surface area contributed by atoms with Gasteiger partial charge in [-0.3, -0.25) is 4.79 Å². The predicted molar refractivity (Wildman–Crippen MR) is 111 cm³/mol. The minimum absolute atomic E-state index is 0.0407. The molecule has 0 unspecified atom stereocenters. The van der Waals surface area contributed by atoms with E-state index < -0.39 is 28.3 Å². The van der Waals surface area contributed by atoms with Crippen molar-refractivity contribution >= 4 is 21.6 Å². The molecule has 1 amide bonds. The Hall–Kier alpha value is -2.59. The van der Waals surface area contributed by atoms with E-state index >= 15 is 0 Å². The molecule has 1 saturated heterocycles. The second-order valence-electron chi connectivity index (χ2n) is 7.06. The van der Waals surface area contributed by atoms with Crippen LogP contribution in [0.5, 0.6) is 0 Å². The number of carbonyl (C=O) groups excluding carboxylic acids is 1. The van der Waals surface area contributed by atoms with Crippen LogP contribution in [0.3, 0.4) is 0 Å². The summed E-state index contributed by atoms with van der Waals surface area (Å²) in [6, 6.07) is 14.1. The van der Waals surface area contributed by atoms with Crippen molar-refractivity contribution in [1.82, 2.24) is 9.21 Å². The summed E-state index contributed by atoms with van der Waals surface area (Å²) in [5.41, 5.74) is 1.16. The van der Waals surface area contributed by atoms with Crippen LogP contribution in [0.4, 0.5) is 18.9 Å². The molecule has 0 saturated carbocycles. The maximum absolute atomic E-state index is 13.2. The van der Waals surface area contributed by atoms with Gasteiger partial charge in [-0.25, -0.2) is 8.42 Å². The fourth-order valence-electron chi connectivity index (χ4n) is 3.75. The third-order valence-corrected chi connectivity index (χ3v) is 7.17. The van der Waals surface area contributed by atoms with Crippen LogP contribution in [0.25, 0.3) is 0 Å². The number of halogens is 3. The molecule has 1 heterocycles. The summed E-state index contributed by atoms with van der Waals surface area (Å²) in [7, 11) is -4.12. The molecule has 0 aliphatic carbocycles. The number of carbonyl (C=O) groups is 1. The summed E-state index contributed by atoms with van der Waals surface area (Å²) < 4.78 is 67.1. The van der Waals surface area contributed by atoms with Gasteiger partial charge < -0.3 is 9.80 Å². The van der Waals surface area contributed by atoms with Crippen molar-refractivity contribution in [3.05, 3.63) is 60.2 Å². The van der Waals surface area contributed by atoms with Crippen molar-refractivity contribution in [1.29, 1.82) is 0 Å². The average molecular weight is 456 g/mol. The van der Waals surface area contributed by atoms with Crippen LogP contribution in [0, 0.1) is 0 Å². The van der Waals surface area contributed by atoms with Crippen LogP contribution in [-0.2, 0) is 14.8 Å². The SMILES string of the molecule is CCN(CC)c1ccc([C@H]2N(C(=O)C(F)(F)F)CCN2S(=O)(=O)c2ccccc2)cc1. The smallest absolute Gasteiger partial charge is 0.372 e. The average Bonchev–Trinajstić information content (AvgIpc) is 3.20. The third-order valence-electron chi connectivity index (χ3n) is 5.30. The quantitative estimate of drug-likeness (QED) is 0.668. The lowest BCUT2D eigenvalue weighted by Gasteiger charge is -2.31. The largest absolute Gasteiger partial charge is 0.471 e. The molecule has 0 aromatic heterocycles. The molecule has 1 fully saturated rings. The van der Waals surface area contributed by atoms with Gasteiger partial charge in [0.05, 0.1) is 4.90 Å². The Bertz CT molecular complexity index is 1010. The lowest BCUT2D eigenvalue weighted by Crippen LogP contribution is -2.43. The molecule has 2 aromatic rings. The predicted octanol–water partition coefficient (Wildman–Crippen LogP) is 3.63. The van der Waals surface area contributed by atoms with Crippen molar-refractivity contribution in [2.24, 2.45) is 0 Å². The van der Waals surface area contributed by atoms with E-state index in [0.29, 0.717) is 10.5 Å². The van der Waals surface area contributed by atoms with E-state index in [-0.39, 0.29) is 18.0 Å². The van der Waals surface area contributed by atoms with Crippen molar-refractivity contribution in [3.8, 4) is 0 Å². The molecule has 31 heavy (non-hydrogen) atoms. The van der Waals surface area contributed by atoms with Gasteiger partial charge in [-0.2, -0.15) is 17.5 Å². The molecule has 1 atom stereocenters. The standard InChI is InChI=1S/C21H24F3N3O3S/c1-3-25(4-2)17-12-10-16(11-13-17)19-26(20(28)21(22,23)24)14-15-27(19)31(29,30)18-8-6-5-7-9-18/h5-13,19H,3-4,14-15H2,1-2H3/t19-/m0/s1. The number of nitrogens with zero attached hydrogens (tertiary/aromatic N) is 3. The fraction of sp³-hybridized carbons (Fsp3) is 0.381. The van der Waals surface area contributed by atoms with E-state index in [9.17, 15) is 26.4 Å². The normalized spacial score (nSPS) is 17.7. The number of hydrogen-bond acceptors (Lipinski definition) is 4. The van der Waals surface area contributed by atoms with Crippen LogP contribution < -0.4 is 4.90 Å². The molecule has 0 radical (unpaired) electrons. The Labute approximate surface area is 179 Å². The van der Waals surface area contributed by atoms with Gasteiger partial charge in [-0.15, -0.1) is 0 Å². The van der Waals surface area contributed by atoms with Crippen LogP contribution in [0.2, 0.25) is 0 Å². The lowest BCUT2D eigenvalue weighted by atomic mass is 10.1. The van der Waals surface area contributed by atoms with E-state index in [1.54, 1.807) is 30.3 Å². The zero-order valence-corrected chi connectivity index (χ0v) is 18.0. The first-order chi connectivity index (χ1) is 14.6. The van der Waals surface area contributed by atoms with Gasteiger partial charge in [0, 0.05) is 31.9 Å². The maximum Gasteiger partial charge on any atom is 0.471 e. The molecule has 3 rings (SSSR count). The Morgan fingerprint density at radius 3 is 2.10 bits per heavy atom. The zero-order valence-electron chi connectivity index (χ0n) is 17.2. The van der Waals surface area contributed by atoms with Crippen LogP contribution in [0.15, 0.2) is 59.5 Å². The van der Waals surface area contributed by atoms with E-state index in [2.05, 4.69) is 4.90 Å². The second-order valence-corrected chi connectivity index (χ2v) is 8.95. The van der Waals surface area contributed by atoms with Crippen molar-refractivity contribution in [2.45, 2.75) is 31.1 Å². The first-order valence-electron chi connectivity index (χ1n) is 9.90. The van der Waals surface area contributed by atoms with Crippen LogP contribution in [0.1, 0.15) is 25.6 Å². The summed E-state index contributed by atoms with van der Waals surface area (Å²) >= 11 is 0. The van der Waals surface area contributed by atoms with Gasteiger partial charge in [-0.1, -0.05) is 30.3 Å². The van der Waals surface area contributed by atoms with Crippen LogP contribution in [-0.4, -0.2) is 55.9 Å². The fourth-order valence-corrected chi connectivity index (χ4v) is 5.35. The van der Waals surface area contributed by atoms with Gasteiger partial charge in [-0.05, 0) is 43.7 Å². The second kappa shape index (κ2) is 8.88. The van der Waals surface area contributed by atoms with Crippen LogP contribution >= 0.6 is 0 Å². The summed E-state index contributed by atoms with van der Waals surface area (Å²) in [5, 5.41) is 0. The maximum atomic E-state index is 13.2. The molecule has 10 heteroatoms. The van der Waals surface area contributed by atoms with E-state index in [1.807, 2.05) is 13.8 Å². The molecule has 1 aliphatic heterocycles. The number of amides is 1. The van der Waals surface area contributed by atoms with Gasteiger partial charge in [0.2, 0.25) is 10.0 Å². The third kappa shape index (κ3) is 4.54. The van der Waals surface area contributed by atoms with E-state index in [1.165, 1.54) is 24.3 Å². The van der Waals surface area contributed by atoms with Gasteiger partial charge in [0.25, 0.3) is 0 Å². The molecule has 0 bridgehead atoms. The lowest BCUT2D eigenvalue weighted by molar-refractivity contribution is -0.187. The topological polar surface area (TPSA) is 60.9 Å². The number of alkyl halides is 3. The number of anilines is 1. The molecule has 0 N–H and O–H groups in total. The molecule has 0 spiro atoms. The Morgan fingerprint density at radius 1 is 1.00 bits per heavy atom. The first kappa shape index (κ1) is 23.1. The van der Waals surface area contributed by atoms with Crippen molar-refractivity contribution in [3.63, 3.8) is 0 Å². The minimum Gasteiger partial charge on any atom is -0.372 e. The summed E-state index contributed by atoms with van der Waals surface area (Å²) in [4.78, 5) is 14.7. The summed E-state index contributed by atoms with van der Waals surface area (Å²) in [6.45, 7) is 4.85. The molecular weight excluding hydrogens is 431 g/mol. The number of benzene rings is 2. The Balaban J connectivity index is 2.05. The first-order valence-corrected chi connectivity index (χ1v) is 11.3. The summed E-state index contributed by atoms with van der Waals surface area (Å²) in [5.74, 6) is -2.06. The molecule has 6 nitrogen and oxygen atoms in total. The molecule has 1 aliphatic rings. The highest BCUT2D eigenvalue weighted by molar-refractivity contribution is 7.89. The van der Waals surface area contributed by atoms with Crippen molar-refractivity contribution in [2.75, 3.05) is 31.1 Å².